The van der Waals surface area contributed by atoms with E-state index in [1.54, 1.807) is 18.2 Å². The fourth-order valence-electron chi connectivity index (χ4n) is 1.01. The van der Waals surface area contributed by atoms with Gasteiger partial charge in [-0.05, 0) is 12.1 Å². The van der Waals surface area contributed by atoms with Gasteiger partial charge in [0.25, 0.3) is 0 Å². The number of halogens is 1. The molecule has 0 radical (unpaired) electrons. The molecule has 0 aliphatic carbocycles. The maximum absolute atomic E-state index is 8.68. The number of hydrogen-bond acceptors (Lipinski definition) is 3. The minimum Gasteiger partial charge on any atom is -0.493 e. The maximum Gasteiger partial charge on any atom is 0.162 e. The van der Waals surface area contributed by atoms with Crippen LogP contribution in [-0.4, -0.2) is 13.7 Å². The van der Waals surface area contributed by atoms with E-state index >= 15 is 0 Å². The summed E-state index contributed by atoms with van der Waals surface area (Å²) in [5, 5.41) is 9.09. The van der Waals surface area contributed by atoms with Gasteiger partial charge < -0.3 is 9.47 Å². The fraction of sp³-hybridized carbons (Fsp3) is 0.182. The molecule has 0 aromatic heterocycles. The van der Waals surface area contributed by atoms with E-state index < -0.39 is 0 Å². The van der Waals surface area contributed by atoms with Gasteiger partial charge in [-0.25, -0.2) is 0 Å². The Morgan fingerprint density at radius 2 is 2.27 bits per heavy atom. The number of rotatable bonds is 4. The molecule has 1 aromatic carbocycles. The molecule has 0 fully saturated rings. The molecule has 1 aromatic rings. The molecule has 1 rings (SSSR count). The van der Waals surface area contributed by atoms with E-state index in [1.165, 1.54) is 7.11 Å². The average Bonchev–Trinajstić information content (AvgIpc) is 2.25. The maximum atomic E-state index is 8.68. The monoisotopic (exact) mass is 223 g/mol. The number of hydrogen-bond donors (Lipinski definition) is 0. The van der Waals surface area contributed by atoms with Crippen LogP contribution in [0.25, 0.3) is 0 Å². The lowest BCUT2D eigenvalue weighted by atomic mass is 10.2. The largest absolute Gasteiger partial charge is 0.493 e. The average molecular weight is 224 g/mol. The third kappa shape index (κ3) is 3.19. The smallest absolute Gasteiger partial charge is 0.162 e. The summed E-state index contributed by atoms with van der Waals surface area (Å²) in [5.41, 5.74) is 0.518. The number of nitrogens with zero attached hydrogens (tertiary/aromatic N) is 1. The van der Waals surface area contributed by atoms with Crippen LogP contribution in [0, 0.1) is 11.3 Å². The summed E-state index contributed by atoms with van der Waals surface area (Å²) in [5.74, 6) is 1.05. The van der Waals surface area contributed by atoms with Gasteiger partial charge in [-0.1, -0.05) is 18.2 Å². The van der Waals surface area contributed by atoms with Crippen molar-refractivity contribution in [3.63, 3.8) is 0 Å². The third-order valence-electron chi connectivity index (χ3n) is 1.68. The molecule has 0 aliphatic rings. The predicted octanol–water partition coefficient (Wildman–Crippen LogP) is 2.70. The third-order valence-corrected chi connectivity index (χ3v) is 1.79. The van der Waals surface area contributed by atoms with Gasteiger partial charge in [0, 0.05) is 11.1 Å². The van der Waals surface area contributed by atoms with Crippen LogP contribution in [0.2, 0.25) is 0 Å². The zero-order valence-electron chi connectivity index (χ0n) is 8.29. The summed E-state index contributed by atoms with van der Waals surface area (Å²) in [4.78, 5) is 0. The van der Waals surface area contributed by atoms with Crippen LogP contribution in [0.1, 0.15) is 5.56 Å². The molecule has 0 heterocycles. The predicted molar refractivity (Wildman–Crippen MR) is 58.2 cm³/mol. The summed E-state index contributed by atoms with van der Waals surface area (Å²) in [6.45, 7) is 3.72. The SMILES string of the molecule is C=C(Cl)COc1ccc(C#N)cc1OC. The first-order chi connectivity index (χ1) is 7.17. The van der Waals surface area contributed by atoms with Crippen molar-refractivity contribution in [1.82, 2.24) is 0 Å². The molecule has 0 saturated carbocycles. The standard InChI is InChI=1S/C11H10ClNO2/c1-8(12)7-15-10-4-3-9(6-13)5-11(10)14-2/h3-5H,1,7H2,2H3. The van der Waals surface area contributed by atoms with E-state index in [1.807, 2.05) is 6.07 Å². The molecule has 0 saturated heterocycles. The Kier molecular flexibility index (Phi) is 4.02. The highest BCUT2D eigenvalue weighted by Crippen LogP contribution is 2.28. The van der Waals surface area contributed by atoms with Crippen LogP contribution in [-0.2, 0) is 0 Å². The normalized spacial score (nSPS) is 9.13. The molecular formula is C11H10ClNO2. The quantitative estimate of drug-likeness (QED) is 0.788. The second-order valence-electron chi connectivity index (χ2n) is 2.78. The first kappa shape index (κ1) is 11.4. The minimum absolute atomic E-state index is 0.212. The molecule has 15 heavy (non-hydrogen) atoms. The lowest BCUT2D eigenvalue weighted by Gasteiger charge is -2.09. The number of nitriles is 1. The number of benzene rings is 1. The van der Waals surface area contributed by atoms with Crippen LogP contribution in [0.5, 0.6) is 11.5 Å². The van der Waals surface area contributed by atoms with Gasteiger partial charge in [0.15, 0.2) is 11.5 Å². The fourth-order valence-corrected chi connectivity index (χ4v) is 1.07. The molecule has 0 spiro atoms. The van der Waals surface area contributed by atoms with Gasteiger partial charge in [-0.3, -0.25) is 0 Å². The Bertz CT molecular complexity index is 410. The Morgan fingerprint density at radius 3 is 2.80 bits per heavy atom. The molecule has 0 bridgehead atoms. The zero-order chi connectivity index (χ0) is 11.3. The van der Waals surface area contributed by atoms with Gasteiger partial charge in [0.2, 0.25) is 0 Å². The van der Waals surface area contributed by atoms with Gasteiger partial charge in [0.05, 0.1) is 18.7 Å². The summed E-state index contributed by atoms with van der Waals surface area (Å²) in [6.07, 6.45) is 0. The lowest BCUT2D eigenvalue weighted by molar-refractivity contribution is 0.324. The lowest BCUT2D eigenvalue weighted by Crippen LogP contribution is -1.98. The topological polar surface area (TPSA) is 42.2 Å². The molecule has 0 atom stereocenters. The van der Waals surface area contributed by atoms with Gasteiger partial charge >= 0.3 is 0 Å². The van der Waals surface area contributed by atoms with Crippen molar-refractivity contribution >= 4 is 11.6 Å². The second kappa shape index (κ2) is 5.28. The number of methoxy groups -OCH3 is 1. The van der Waals surface area contributed by atoms with Crippen LogP contribution < -0.4 is 9.47 Å². The number of ether oxygens (including phenoxy) is 2. The Morgan fingerprint density at radius 1 is 1.53 bits per heavy atom. The molecule has 0 unspecified atom stereocenters. The van der Waals surface area contributed by atoms with E-state index in [-0.39, 0.29) is 6.61 Å². The van der Waals surface area contributed by atoms with Crippen molar-refractivity contribution < 1.29 is 9.47 Å². The molecule has 0 amide bonds. The second-order valence-corrected chi connectivity index (χ2v) is 3.32. The zero-order valence-corrected chi connectivity index (χ0v) is 9.04. The van der Waals surface area contributed by atoms with Crippen molar-refractivity contribution in [2.45, 2.75) is 0 Å². The van der Waals surface area contributed by atoms with E-state index in [0.717, 1.165) is 0 Å². The van der Waals surface area contributed by atoms with Crippen LogP contribution in [0.15, 0.2) is 29.8 Å². The minimum atomic E-state index is 0.212. The highest BCUT2D eigenvalue weighted by molar-refractivity contribution is 6.29. The molecule has 0 N–H and O–H groups in total. The summed E-state index contributed by atoms with van der Waals surface area (Å²) >= 11 is 5.57. The molecular weight excluding hydrogens is 214 g/mol. The summed E-state index contributed by atoms with van der Waals surface area (Å²) in [6, 6.07) is 6.93. The van der Waals surface area contributed by atoms with Crippen molar-refractivity contribution in [3.8, 4) is 17.6 Å². The van der Waals surface area contributed by atoms with E-state index in [0.29, 0.717) is 22.1 Å². The van der Waals surface area contributed by atoms with Gasteiger partial charge in [-0.2, -0.15) is 5.26 Å². The van der Waals surface area contributed by atoms with Crippen LogP contribution >= 0.6 is 11.6 Å². The van der Waals surface area contributed by atoms with Crippen molar-refractivity contribution in [2.75, 3.05) is 13.7 Å². The highest BCUT2D eigenvalue weighted by atomic mass is 35.5. The van der Waals surface area contributed by atoms with Crippen molar-refractivity contribution in [2.24, 2.45) is 0 Å². The van der Waals surface area contributed by atoms with Gasteiger partial charge in [-0.15, -0.1) is 0 Å². The van der Waals surface area contributed by atoms with Crippen LogP contribution in [0.4, 0.5) is 0 Å². The van der Waals surface area contributed by atoms with Crippen molar-refractivity contribution in [1.29, 1.82) is 5.26 Å². The Labute approximate surface area is 93.5 Å². The molecule has 0 aliphatic heterocycles. The molecule has 78 valence electrons. The summed E-state index contributed by atoms with van der Waals surface area (Å²) < 4.78 is 10.4. The summed E-state index contributed by atoms with van der Waals surface area (Å²) in [7, 11) is 1.51. The van der Waals surface area contributed by atoms with Gasteiger partial charge in [0.1, 0.15) is 6.61 Å². The first-order valence-corrected chi connectivity index (χ1v) is 4.59. The van der Waals surface area contributed by atoms with E-state index in [9.17, 15) is 0 Å². The molecule has 4 heteroatoms. The van der Waals surface area contributed by atoms with Crippen LogP contribution in [0.3, 0.4) is 0 Å². The van der Waals surface area contributed by atoms with E-state index in [2.05, 4.69) is 6.58 Å². The highest BCUT2D eigenvalue weighted by Gasteiger charge is 2.05. The Hall–Kier alpha value is -1.66. The van der Waals surface area contributed by atoms with Crippen molar-refractivity contribution in [3.05, 3.63) is 35.4 Å². The molecule has 3 nitrogen and oxygen atoms in total. The first-order valence-electron chi connectivity index (χ1n) is 4.21. The van der Waals surface area contributed by atoms with E-state index in [4.69, 9.17) is 26.3 Å². The Balaban J connectivity index is 2.88.